The molecule has 0 aliphatic carbocycles. The number of pyridine rings is 1. The summed E-state index contributed by atoms with van der Waals surface area (Å²) < 4.78 is 0. The third-order valence-corrected chi connectivity index (χ3v) is 4.47. The summed E-state index contributed by atoms with van der Waals surface area (Å²) >= 11 is 0. The van der Waals surface area contributed by atoms with E-state index < -0.39 is 0 Å². The van der Waals surface area contributed by atoms with Gasteiger partial charge < -0.3 is 15.1 Å². The van der Waals surface area contributed by atoms with Crippen LogP contribution < -0.4 is 10.2 Å². The molecule has 1 aliphatic heterocycles. The third-order valence-electron chi connectivity index (χ3n) is 4.47. The SMILES string of the molecule is CCCNC(=O)c1ccc(C(=O)N2CCN(c3ccccn3)CC2)cc1. The second kappa shape index (κ2) is 8.47. The number of nitrogens with one attached hydrogen (secondary N) is 1. The van der Waals surface area contributed by atoms with Gasteiger partial charge in [0.1, 0.15) is 5.82 Å². The van der Waals surface area contributed by atoms with Gasteiger partial charge in [-0.05, 0) is 42.8 Å². The van der Waals surface area contributed by atoms with Gasteiger partial charge in [-0.15, -0.1) is 0 Å². The predicted molar refractivity (Wildman–Crippen MR) is 101 cm³/mol. The minimum absolute atomic E-state index is 0.00573. The molecular formula is C20H24N4O2. The van der Waals surface area contributed by atoms with Gasteiger partial charge in [-0.1, -0.05) is 13.0 Å². The molecule has 0 unspecified atom stereocenters. The van der Waals surface area contributed by atoms with E-state index in [1.54, 1.807) is 30.5 Å². The number of amides is 2. The Kier molecular flexibility index (Phi) is 5.84. The molecule has 2 aromatic rings. The molecule has 3 rings (SSSR count). The molecule has 2 amide bonds. The van der Waals surface area contributed by atoms with Crippen molar-refractivity contribution in [2.45, 2.75) is 13.3 Å². The first-order valence-corrected chi connectivity index (χ1v) is 9.02. The first-order valence-electron chi connectivity index (χ1n) is 9.02. The normalized spacial score (nSPS) is 14.2. The van der Waals surface area contributed by atoms with E-state index in [9.17, 15) is 9.59 Å². The number of carbonyl (C=O) groups is 2. The summed E-state index contributed by atoms with van der Waals surface area (Å²) in [6, 6.07) is 12.7. The topological polar surface area (TPSA) is 65.5 Å². The van der Waals surface area contributed by atoms with Gasteiger partial charge in [-0.2, -0.15) is 0 Å². The van der Waals surface area contributed by atoms with Gasteiger partial charge in [0, 0.05) is 50.0 Å². The Morgan fingerprint density at radius 2 is 1.69 bits per heavy atom. The lowest BCUT2D eigenvalue weighted by Crippen LogP contribution is -2.49. The second-order valence-electron chi connectivity index (χ2n) is 6.30. The molecule has 1 N–H and O–H groups in total. The molecule has 0 saturated carbocycles. The van der Waals surface area contributed by atoms with Crippen molar-refractivity contribution in [1.29, 1.82) is 0 Å². The van der Waals surface area contributed by atoms with Crippen molar-refractivity contribution in [2.75, 3.05) is 37.6 Å². The molecule has 1 fully saturated rings. The molecule has 0 spiro atoms. The molecule has 2 heterocycles. The summed E-state index contributed by atoms with van der Waals surface area (Å²) in [6.45, 7) is 5.51. The summed E-state index contributed by atoms with van der Waals surface area (Å²) in [5.41, 5.74) is 1.19. The number of aromatic nitrogens is 1. The predicted octanol–water partition coefficient (Wildman–Crippen LogP) is 2.18. The molecule has 1 aromatic heterocycles. The highest BCUT2D eigenvalue weighted by Gasteiger charge is 2.22. The van der Waals surface area contributed by atoms with E-state index in [4.69, 9.17) is 0 Å². The van der Waals surface area contributed by atoms with E-state index in [0.717, 1.165) is 25.3 Å². The number of carbonyl (C=O) groups excluding carboxylic acids is 2. The molecule has 26 heavy (non-hydrogen) atoms. The molecule has 1 saturated heterocycles. The van der Waals surface area contributed by atoms with Crippen molar-refractivity contribution in [1.82, 2.24) is 15.2 Å². The fourth-order valence-corrected chi connectivity index (χ4v) is 2.97. The van der Waals surface area contributed by atoms with Crippen LogP contribution in [0.3, 0.4) is 0 Å². The van der Waals surface area contributed by atoms with Crippen LogP contribution in [0.15, 0.2) is 48.7 Å². The van der Waals surface area contributed by atoms with Crippen LogP contribution in [0.25, 0.3) is 0 Å². The van der Waals surface area contributed by atoms with Crippen molar-refractivity contribution < 1.29 is 9.59 Å². The first kappa shape index (κ1) is 17.9. The highest BCUT2D eigenvalue weighted by atomic mass is 16.2. The summed E-state index contributed by atoms with van der Waals surface area (Å²) in [5.74, 6) is 0.850. The average Bonchev–Trinajstić information content (AvgIpc) is 2.72. The second-order valence-corrected chi connectivity index (χ2v) is 6.30. The molecule has 6 heteroatoms. The largest absolute Gasteiger partial charge is 0.353 e. The van der Waals surface area contributed by atoms with Crippen LogP contribution in [0.2, 0.25) is 0 Å². The molecule has 0 atom stereocenters. The van der Waals surface area contributed by atoms with Gasteiger partial charge in [0.05, 0.1) is 0 Å². The Hall–Kier alpha value is -2.89. The summed E-state index contributed by atoms with van der Waals surface area (Å²) in [5, 5.41) is 2.84. The van der Waals surface area contributed by atoms with E-state index in [2.05, 4.69) is 15.2 Å². The number of anilines is 1. The molecule has 1 aromatic carbocycles. The van der Waals surface area contributed by atoms with Crippen LogP contribution in [0, 0.1) is 0 Å². The fraction of sp³-hybridized carbons (Fsp3) is 0.350. The van der Waals surface area contributed by atoms with Crippen molar-refractivity contribution in [2.24, 2.45) is 0 Å². The van der Waals surface area contributed by atoms with Gasteiger partial charge >= 0.3 is 0 Å². The van der Waals surface area contributed by atoms with Gasteiger partial charge in [-0.3, -0.25) is 9.59 Å². The highest BCUT2D eigenvalue weighted by Crippen LogP contribution is 2.15. The summed E-state index contributed by atoms with van der Waals surface area (Å²) in [6.07, 6.45) is 2.68. The number of piperazine rings is 1. The minimum atomic E-state index is -0.102. The molecular weight excluding hydrogens is 328 g/mol. The number of hydrogen-bond donors (Lipinski definition) is 1. The van der Waals surface area contributed by atoms with Gasteiger partial charge in [0.25, 0.3) is 11.8 Å². The Bertz CT molecular complexity index is 738. The zero-order valence-corrected chi connectivity index (χ0v) is 15.0. The maximum absolute atomic E-state index is 12.7. The zero-order chi connectivity index (χ0) is 18.4. The average molecular weight is 352 g/mol. The molecule has 136 valence electrons. The van der Waals surface area contributed by atoms with Crippen LogP contribution in [-0.4, -0.2) is 54.4 Å². The van der Waals surface area contributed by atoms with Crippen LogP contribution in [0.1, 0.15) is 34.1 Å². The Labute approximate surface area is 153 Å². The summed E-state index contributed by atoms with van der Waals surface area (Å²) in [4.78, 5) is 33.0. The van der Waals surface area contributed by atoms with Crippen molar-refractivity contribution in [3.05, 3.63) is 59.8 Å². The highest BCUT2D eigenvalue weighted by molar-refractivity contribution is 5.97. The maximum atomic E-state index is 12.7. The first-order chi connectivity index (χ1) is 12.7. The van der Waals surface area contributed by atoms with E-state index in [0.29, 0.717) is 30.8 Å². The third kappa shape index (κ3) is 4.20. The number of rotatable bonds is 5. The van der Waals surface area contributed by atoms with Crippen LogP contribution in [-0.2, 0) is 0 Å². The number of benzene rings is 1. The minimum Gasteiger partial charge on any atom is -0.353 e. The zero-order valence-electron chi connectivity index (χ0n) is 15.0. The lowest BCUT2D eigenvalue weighted by atomic mass is 10.1. The molecule has 0 radical (unpaired) electrons. The number of nitrogens with zero attached hydrogens (tertiary/aromatic N) is 3. The smallest absolute Gasteiger partial charge is 0.253 e. The van der Waals surface area contributed by atoms with Crippen molar-refractivity contribution in [3.8, 4) is 0 Å². The maximum Gasteiger partial charge on any atom is 0.253 e. The van der Waals surface area contributed by atoms with Crippen molar-refractivity contribution in [3.63, 3.8) is 0 Å². The van der Waals surface area contributed by atoms with Crippen LogP contribution in [0.4, 0.5) is 5.82 Å². The van der Waals surface area contributed by atoms with Crippen molar-refractivity contribution >= 4 is 17.6 Å². The molecule has 1 aliphatic rings. The van der Waals surface area contributed by atoms with E-state index >= 15 is 0 Å². The van der Waals surface area contributed by atoms with Gasteiger partial charge in [0.2, 0.25) is 0 Å². The van der Waals surface area contributed by atoms with E-state index in [1.807, 2.05) is 30.0 Å². The Balaban J connectivity index is 1.57. The molecule has 0 bridgehead atoms. The monoisotopic (exact) mass is 352 g/mol. The lowest BCUT2D eigenvalue weighted by molar-refractivity contribution is 0.0746. The van der Waals surface area contributed by atoms with E-state index in [1.165, 1.54) is 0 Å². The lowest BCUT2D eigenvalue weighted by Gasteiger charge is -2.35. The Morgan fingerprint density at radius 1 is 1.00 bits per heavy atom. The van der Waals surface area contributed by atoms with Crippen LogP contribution >= 0.6 is 0 Å². The fourth-order valence-electron chi connectivity index (χ4n) is 2.97. The Morgan fingerprint density at radius 3 is 2.31 bits per heavy atom. The van der Waals surface area contributed by atoms with Crippen LogP contribution in [0.5, 0.6) is 0 Å². The quantitative estimate of drug-likeness (QED) is 0.896. The van der Waals surface area contributed by atoms with Gasteiger partial charge in [0.15, 0.2) is 0 Å². The van der Waals surface area contributed by atoms with Gasteiger partial charge in [-0.25, -0.2) is 4.98 Å². The molecule has 6 nitrogen and oxygen atoms in total. The standard InChI is InChI=1S/C20H24N4O2/c1-2-10-22-19(25)16-6-8-17(9-7-16)20(26)24-14-12-23(13-15-24)18-5-3-4-11-21-18/h3-9,11H,2,10,12-15H2,1H3,(H,22,25). The van der Waals surface area contributed by atoms with E-state index in [-0.39, 0.29) is 11.8 Å². The summed E-state index contributed by atoms with van der Waals surface area (Å²) in [7, 11) is 0. The number of hydrogen-bond acceptors (Lipinski definition) is 4.